The van der Waals surface area contributed by atoms with Crippen molar-refractivity contribution in [2.24, 2.45) is 4.99 Å². The number of hydrogen-bond donors (Lipinski definition) is 0. The first-order valence-electron chi connectivity index (χ1n) is 11.0. The molecule has 2 aliphatic heterocycles. The molecule has 35 heavy (non-hydrogen) atoms. The van der Waals surface area contributed by atoms with Gasteiger partial charge in [-0.1, -0.05) is 41.6 Å². The van der Waals surface area contributed by atoms with Crippen LogP contribution in [0.3, 0.4) is 0 Å². The van der Waals surface area contributed by atoms with Gasteiger partial charge in [-0.2, -0.15) is 0 Å². The molecule has 178 valence electrons. The van der Waals surface area contributed by atoms with Crippen LogP contribution in [-0.4, -0.2) is 35.9 Å². The fourth-order valence-corrected chi connectivity index (χ4v) is 5.39. The third-order valence-electron chi connectivity index (χ3n) is 5.85. The zero-order valence-electron chi connectivity index (χ0n) is 19.1. The molecule has 9 heteroatoms. The lowest BCUT2D eigenvalue weighted by atomic mass is 10.1. The van der Waals surface area contributed by atoms with Crippen molar-refractivity contribution in [2.75, 3.05) is 22.7 Å². The van der Waals surface area contributed by atoms with Crippen molar-refractivity contribution in [1.82, 2.24) is 0 Å². The smallest absolute Gasteiger partial charge is 0.283 e. The number of methoxy groups -OCH3 is 1. The van der Waals surface area contributed by atoms with Gasteiger partial charge in [-0.25, -0.2) is 4.99 Å². The van der Waals surface area contributed by atoms with Gasteiger partial charge in [-0.05, 0) is 55.3 Å². The molecular formula is C26H22ClN3O4S. The fraction of sp³-hybridized carbons (Fsp3) is 0.192. The van der Waals surface area contributed by atoms with E-state index in [1.165, 1.54) is 30.0 Å². The van der Waals surface area contributed by atoms with Crippen molar-refractivity contribution < 1.29 is 18.7 Å². The first-order chi connectivity index (χ1) is 17.0. The van der Waals surface area contributed by atoms with Crippen LogP contribution >= 0.6 is 23.4 Å². The number of ether oxygens (including phenoxy) is 1. The molecule has 0 unspecified atom stereocenters. The average Bonchev–Trinajstić information content (AvgIpc) is 3.55. The van der Waals surface area contributed by atoms with Crippen molar-refractivity contribution in [3.8, 4) is 5.75 Å². The van der Waals surface area contributed by atoms with E-state index in [4.69, 9.17) is 20.8 Å². The Balaban J connectivity index is 1.43. The summed E-state index contributed by atoms with van der Waals surface area (Å²) in [7, 11) is 1.53. The maximum Gasteiger partial charge on any atom is 0.283 e. The van der Waals surface area contributed by atoms with E-state index < -0.39 is 0 Å². The third kappa shape index (κ3) is 4.47. The zero-order valence-corrected chi connectivity index (χ0v) is 20.7. The number of carbonyl (C=O) groups is 2. The molecule has 0 N–H and O–H groups in total. The number of thioether (sulfide) groups is 1. The molecule has 0 spiro atoms. The molecule has 7 nitrogen and oxygen atoms in total. The molecular weight excluding hydrogens is 486 g/mol. The number of nitrogens with zero attached hydrogens (tertiary/aromatic N) is 3. The second-order valence-electron chi connectivity index (χ2n) is 8.13. The lowest BCUT2D eigenvalue weighted by Gasteiger charge is -2.23. The number of furan rings is 1. The second-order valence-corrected chi connectivity index (χ2v) is 9.48. The highest BCUT2D eigenvalue weighted by Gasteiger charge is 2.35. The van der Waals surface area contributed by atoms with Crippen LogP contribution in [0.1, 0.15) is 18.2 Å². The number of para-hydroxylation sites is 1. The molecule has 2 aliphatic rings. The number of rotatable bonds is 5. The minimum absolute atomic E-state index is 0.0428. The van der Waals surface area contributed by atoms with Gasteiger partial charge < -0.3 is 14.1 Å². The number of benzene rings is 2. The highest BCUT2D eigenvalue weighted by molar-refractivity contribution is 8.14. The molecule has 1 atom stereocenters. The van der Waals surface area contributed by atoms with Crippen LogP contribution in [-0.2, 0) is 16.0 Å². The first kappa shape index (κ1) is 23.3. The number of carbonyl (C=O) groups excluding carboxylic acids is 2. The van der Waals surface area contributed by atoms with E-state index >= 15 is 0 Å². The summed E-state index contributed by atoms with van der Waals surface area (Å²) in [5.41, 5.74) is 2.83. The van der Waals surface area contributed by atoms with Crippen LogP contribution in [0.25, 0.3) is 6.08 Å². The van der Waals surface area contributed by atoms with Crippen molar-refractivity contribution in [3.05, 3.63) is 82.9 Å². The van der Waals surface area contributed by atoms with Crippen LogP contribution < -0.4 is 14.5 Å². The van der Waals surface area contributed by atoms with Crippen molar-refractivity contribution >= 4 is 57.8 Å². The van der Waals surface area contributed by atoms with Crippen molar-refractivity contribution in [1.29, 1.82) is 0 Å². The molecule has 5 rings (SSSR count). The summed E-state index contributed by atoms with van der Waals surface area (Å²) in [6.45, 7) is 2.04. The van der Waals surface area contributed by atoms with Crippen LogP contribution in [0.5, 0.6) is 5.75 Å². The van der Waals surface area contributed by atoms with Gasteiger partial charge in [0.25, 0.3) is 5.91 Å². The minimum Gasteiger partial charge on any atom is -0.495 e. The molecule has 0 aliphatic carbocycles. The summed E-state index contributed by atoms with van der Waals surface area (Å²) in [4.78, 5) is 34.4. The summed E-state index contributed by atoms with van der Waals surface area (Å²) >= 11 is 7.55. The van der Waals surface area contributed by atoms with E-state index in [9.17, 15) is 9.59 Å². The lowest BCUT2D eigenvalue weighted by Crippen LogP contribution is -2.38. The van der Waals surface area contributed by atoms with Gasteiger partial charge in [-0.15, -0.1) is 0 Å². The minimum atomic E-state index is -0.336. The van der Waals surface area contributed by atoms with E-state index in [-0.39, 0.29) is 29.3 Å². The Kier molecular flexibility index (Phi) is 6.40. The molecule has 0 radical (unpaired) electrons. The number of amidine groups is 1. The summed E-state index contributed by atoms with van der Waals surface area (Å²) in [6, 6.07) is 16.5. The number of halogens is 1. The normalized spacial score (nSPS) is 18.3. The zero-order chi connectivity index (χ0) is 24.5. The van der Waals surface area contributed by atoms with Gasteiger partial charge >= 0.3 is 0 Å². The van der Waals surface area contributed by atoms with Crippen molar-refractivity contribution in [2.45, 2.75) is 19.4 Å². The summed E-state index contributed by atoms with van der Waals surface area (Å²) in [5, 5.41) is 0.756. The molecule has 0 fully saturated rings. The average molecular weight is 508 g/mol. The Morgan fingerprint density at radius 2 is 2.09 bits per heavy atom. The van der Waals surface area contributed by atoms with Gasteiger partial charge in [-0.3, -0.25) is 14.5 Å². The second kappa shape index (κ2) is 9.64. The van der Waals surface area contributed by atoms with Crippen LogP contribution in [0.2, 0.25) is 5.02 Å². The number of anilines is 2. The third-order valence-corrected chi connectivity index (χ3v) is 7.06. The van der Waals surface area contributed by atoms with Gasteiger partial charge in [0.15, 0.2) is 5.17 Å². The largest absolute Gasteiger partial charge is 0.495 e. The Morgan fingerprint density at radius 3 is 2.83 bits per heavy atom. The molecule has 3 aromatic rings. The fourth-order valence-electron chi connectivity index (χ4n) is 4.26. The van der Waals surface area contributed by atoms with Gasteiger partial charge in [0, 0.05) is 17.8 Å². The van der Waals surface area contributed by atoms with Gasteiger partial charge in [0.1, 0.15) is 17.2 Å². The molecule has 0 saturated carbocycles. The number of aliphatic imine (C=N–C) groups is 1. The number of amides is 2. The van der Waals surface area contributed by atoms with Gasteiger partial charge in [0.2, 0.25) is 5.91 Å². The predicted molar refractivity (Wildman–Crippen MR) is 139 cm³/mol. The van der Waals surface area contributed by atoms with E-state index in [0.29, 0.717) is 27.4 Å². The van der Waals surface area contributed by atoms with E-state index in [0.717, 1.165) is 17.7 Å². The molecule has 2 amide bonds. The monoisotopic (exact) mass is 507 g/mol. The van der Waals surface area contributed by atoms with Gasteiger partial charge in [0.05, 0.1) is 29.8 Å². The van der Waals surface area contributed by atoms with Crippen LogP contribution in [0, 0.1) is 0 Å². The van der Waals surface area contributed by atoms with Crippen LogP contribution in [0.4, 0.5) is 11.4 Å². The Bertz CT molecular complexity index is 1350. The summed E-state index contributed by atoms with van der Waals surface area (Å²) in [5.74, 6) is 0.751. The van der Waals surface area contributed by atoms with E-state index in [1.54, 1.807) is 36.4 Å². The summed E-state index contributed by atoms with van der Waals surface area (Å²) in [6.07, 6.45) is 3.92. The molecule has 0 bridgehead atoms. The topological polar surface area (TPSA) is 75.3 Å². The molecule has 1 aromatic heterocycles. The van der Waals surface area contributed by atoms with E-state index in [1.807, 2.05) is 36.1 Å². The molecule has 2 aromatic carbocycles. The Hall–Kier alpha value is -3.49. The maximum absolute atomic E-state index is 13.3. The lowest BCUT2D eigenvalue weighted by molar-refractivity contribution is -0.116. The molecule has 3 heterocycles. The standard InChI is InChI=1S/C26H22ClN3O4S/c1-16-12-17-6-3-4-8-22(17)29(16)24(31)15-35-26-28-21(14-19-7-5-11-34-19)25(32)30(26)18-9-10-23(33-2)20(27)13-18/h3-11,13-14,16H,12,15H2,1-2H3/b21-14-/t16-/m0/s1. The number of hydrogen-bond acceptors (Lipinski definition) is 6. The highest BCUT2D eigenvalue weighted by atomic mass is 35.5. The van der Waals surface area contributed by atoms with Crippen molar-refractivity contribution in [3.63, 3.8) is 0 Å². The predicted octanol–water partition coefficient (Wildman–Crippen LogP) is 5.40. The van der Waals surface area contributed by atoms with E-state index in [2.05, 4.69) is 4.99 Å². The Morgan fingerprint density at radius 1 is 1.26 bits per heavy atom. The highest BCUT2D eigenvalue weighted by Crippen LogP contribution is 2.36. The SMILES string of the molecule is COc1ccc(N2C(=O)/C(=C/c3ccco3)N=C2SCC(=O)N2c3ccccc3C[C@@H]2C)cc1Cl. The molecule has 0 saturated heterocycles. The first-order valence-corrected chi connectivity index (χ1v) is 12.4. The quantitative estimate of drug-likeness (QED) is 0.432. The van der Waals surface area contributed by atoms with Crippen LogP contribution in [0.15, 0.2) is 76.0 Å². The summed E-state index contributed by atoms with van der Waals surface area (Å²) < 4.78 is 10.6. The number of fused-ring (bicyclic) bond motifs is 1. The Labute approximate surface area is 212 Å². The maximum atomic E-state index is 13.3.